The van der Waals surface area contributed by atoms with Crippen LogP contribution in [0, 0.1) is 0 Å². The predicted molar refractivity (Wildman–Crippen MR) is 34.8 cm³/mol. The Hall–Kier alpha value is -0.570. The fourth-order valence-electron chi connectivity index (χ4n) is 0.549. The molecule has 0 aliphatic carbocycles. The third kappa shape index (κ3) is 1.68. The molecule has 2 nitrogen and oxygen atoms in total. The van der Waals surface area contributed by atoms with E-state index < -0.39 is 0 Å². The largest absolute Gasteiger partial charge is 0.215 e. The minimum absolute atomic E-state index is 0.681. The Kier molecular flexibility index (Phi) is 2.05. The molecule has 0 saturated heterocycles. The van der Waals surface area contributed by atoms with Crippen LogP contribution in [0.1, 0.15) is 0 Å². The lowest BCUT2D eigenvalue weighted by Gasteiger charge is -1.89. The molecule has 0 spiro atoms. The molecule has 0 amide bonds. The predicted octanol–water partition coefficient (Wildman–Crippen LogP) is 0.924. The molecule has 0 fully saturated rings. The smallest absolute Gasteiger partial charge is 0.161 e. The second kappa shape index (κ2) is 2.82. The highest BCUT2D eigenvalue weighted by molar-refractivity contribution is 6.30. The van der Waals surface area contributed by atoms with Crippen molar-refractivity contribution in [2.24, 2.45) is 0 Å². The Morgan fingerprint density at radius 2 is 1.78 bits per heavy atom. The summed E-state index contributed by atoms with van der Waals surface area (Å²) < 4.78 is 0. The highest BCUT2D eigenvalue weighted by Crippen LogP contribution is 2.08. The van der Waals surface area contributed by atoms with E-state index in [0.29, 0.717) is 5.02 Å². The zero-order valence-electron chi connectivity index (χ0n) is 4.71. The summed E-state index contributed by atoms with van der Waals surface area (Å²) in [4.78, 5) is 0. The Morgan fingerprint density at radius 1 is 1.22 bits per heavy atom. The van der Waals surface area contributed by atoms with Crippen molar-refractivity contribution in [3.63, 3.8) is 0 Å². The summed E-state index contributed by atoms with van der Waals surface area (Å²) in [6.07, 6.45) is 0. The second-order valence-corrected chi connectivity index (χ2v) is 2.12. The van der Waals surface area contributed by atoms with E-state index in [0.717, 1.165) is 11.2 Å². The summed E-state index contributed by atoms with van der Waals surface area (Å²) >= 11 is 5.57. The molecule has 0 aromatic heterocycles. The van der Waals surface area contributed by atoms with E-state index in [1.54, 1.807) is 24.3 Å². The van der Waals surface area contributed by atoms with E-state index in [1.807, 2.05) is 0 Å². The van der Waals surface area contributed by atoms with Crippen LogP contribution in [0.25, 0.3) is 0 Å². The van der Waals surface area contributed by atoms with Gasteiger partial charge in [-0.25, -0.2) is 5.21 Å². The van der Waals surface area contributed by atoms with Gasteiger partial charge in [0.1, 0.15) is 0 Å². The van der Waals surface area contributed by atoms with Crippen molar-refractivity contribution in [3.8, 4) is 0 Å². The first-order valence-corrected chi connectivity index (χ1v) is 2.94. The van der Waals surface area contributed by atoms with Gasteiger partial charge >= 0.3 is 0 Å². The van der Waals surface area contributed by atoms with Gasteiger partial charge in [0.15, 0.2) is 5.69 Å². The van der Waals surface area contributed by atoms with Crippen molar-refractivity contribution in [1.29, 1.82) is 0 Å². The zero-order valence-corrected chi connectivity index (χ0v) is 5.47. The fraction of sp³-hybridized carbons (Fsp3) is 0. The third-order valence-corrected chi connectivity index (χ3v) is 1.27. The van der Waals surface area contributed by atoms with Gasteiger partial charge in [0.2, 0.25) is 0 Å². The highest BCUT2D eigenvalue weighted by Gasteiger charge is 1.91. The molecule has 0 aliphatic heterocycles. The number of nitrogens with two attached hydrogens (primary N) is 1. The number of halogens is 1. The molecule has 0 aliphatic rings. The summed E-state index contributed by atoms with van der Waals surface area (Å²) in [5, 5.41) is 9.14. The molecule has 1 aromatic carbocycles. The molecular formula is C6H7ClNO+. The maximum atomic E-state index is 8.46. The van der Waals surface area contributed by atoms with Crippen LogP contribution in [0.4, 0.5) is 5.69 Å². The molecule has 0 bridgehead atoms. The lowest BCUT2D eigenvalue weighted by atomic mass is 10.3. The molecule has 0 atom stereocenters. The first-order valence-electron chi connectivity index (χ1n) is 2.56. The maximum Gasteiger partial charge on any atom is 0.161 e. The van der Waals surface area contributed by atoms with E-state index in [1.165, 1.54) is 0 Å². The van der Waals surface area contributed by atoms with Gasteiger partial charge in [-0.1, -0.05) is 11.6 Å². The van der Waals surface area contributed by atoms with Crippen molar-refractivity contribution >= 4 is 17.3 Å². The van der Waals surface area contributed by atoms with Gasteiger partial charge in [0, 0.05) is 17.2 Å². The highest BCUT2D eigenvalue weighted by atomic mass is 35.5. The van der Waals surface area contributed by atoms with Crippen molar-refractivity contribution in [3.05, 3.63) is 29.3 Å². The number of hydrogen-bond acceptors (Lipinski definition) is 1. The minimum Gasteiger partial charge on any atom is -0.215 e. The van der Waals surface area contributed by atoms with Crippen LogP contribution < -0.4 is 5.48 Å². The lowest BCUT2D eigenvalue weighted by molar-refractivity contribution is -0.825. The molecule has 1 rings (SSSR count). The van der Waals surface area contributed by atoms with Crippen LogP contribution >= 0.6 is 11.6 Å². The van der Waals surface area contributed by atoms with E-state index in [9.17, 15) is 0 Å². The fourth-order valence-corrected chi connectivity index (χ4v) is 0.675. The standard InChI is InChI=1S/C6H6ClNO/c7-5-1-3-6(8-9)4-2-5/h1-4,8-9H/p+1. The summed E-state index contributed by atoms with van der Waals surface area (Å²) in [6, 6.07) is 6.93. The van der Waals surface area contributed by atoms with Gasteiger partial charge in [0.05, 0.1) is 0 Å². The van der Waals surface area contributed by atoms with Crippen LogP contribution in [-0.2, 0) is 0 Å². The van der Waals surface area contributed by atoms with Crippen LogP contribution in [-0.4, -0.2) is 5.21 Å². The van der Waals surface area contributed by atoms with Crippen molar-refractivity contribution in [2.45, 2.75) is 0 Å². The number of benzene rings is 1. The molecule has 9 heavy (non-hydrogen) atoms. The normalized spacial score (nSPS) is 9.56. The zero-order chi connectivity index (χ0) is 6.69. The van der Waals surface area contributed by atoms with E-state index in [2.05, 4.69) is 0 Å². The quantitative estimate of drug-likeness (QED) is 0.447. The first kappa shape index (κ1) is 6.55. The molecule has 48 valence electrons. The van der Waals surface area contributed by atoms with Crippen LogP contribution in [0.15, 0.2) is 24.3 Å². The monoisotopic (exact) mass is 144 g/mol. The Morgan fingerprint density at radius 3 is 2.22 bits per heavy atom. The van der Waals surface area contributed by atoms with Gasteiger partial charge in [-0.15, -0.1) is 0 Å². The Balaban J connectivity index is 2.88. The van der Waals surface area contributed by atoms with E-state index in [4.69, 9.17) is 16.8 Å². The average Bonchev–Trinajstić information content (AvgIpc) is 1.90. The van der Waals surface area contributed by atoms with Crippen LogP contribution in [0.3, 0.4) is 0 Å². The van der Waals surface area contributed by atoms with Gasteiger partial charge in [-0.3, -0.25) is 0 Å². The van der Waals surface area contributed by atoms with Crippen molar-refractivity contribution in [2.75, 3.05) is 0 Å². The molecular weight excluding hydrogens is 138 g/mol. The summed E-state index contributed by atoms with van der Waals surface area (Å²) in [6.45, 7) is 0. The van der Waals surface area contributed by atoms with E-state index >= 15 is 0 Å². The molecule has 0 saturated carbocycles. The molecule has 0 unspecified atom stereocenters. The van der Waals surface area contributed by atoms with Gasteiger partial charge in [-0.05, 0) is 12.1 Å². The minimum atomic E-state index is 0.681. The Labute approximate surface area is 58.0 Å². The number of rotatable bonds is 1. The summed E-state index contributed by atoms with van der Waals surface area (Å²) in [7, 11) is 0. The average molecular weight is 145 g/mol. The molecule has 3 N–H and O–H groups in total. The van der Waals surface area contributed by atoms with Crippen LogP contribution in [0.5, 0.6) is 0 Å². The van der Waals surface area contributed by atoms with Crippen LogP contribution in [0.2, 0.25) is 5.02 Å². The maximum absolute atomic E-state index is 8.46. The molecule has 0 radical (unpaired) electrons. The van der Waals surface area contributed by atoms with Gasteiger partial charge in [0.25, 0.3) is 0 Å². The number of hydrogen-bond donors (Lipinski definition) is 2. The van der Waals surface area contributed by atoms with E-state index in [-0.39, 0.29) is 0 Å². The Bertz CT molecular complexity index is 185. The van der Waals surface area contributed by atoms with Gasteiger partial charge in [-0.2, -0.15) is 5.48 Å². The second-order valence-electron chi connectivity index (χ2n) is 1.68. The molecule has 3 heteroatoms. The molecule has 1 aromatic rings. The van der Waals surface area contributed by atoms with Crippen molar-refractivity contribution < 1.29 is 10.7 Å². The molecule has 0 heterocycles. The number of quaternary nitrogens is 1. The topological polar surface area (TPSA) is 36.8 Å². The van der Waals surface area contributed by atoms with Crippen molar-refractivity contribution in [1.82, 2.24) is 0 Å². The third-order valence-electron chi connectivity index (χ3n) is 1.02. The SMILES string of the molecule is O[NH2+]c1ccc(Cl)cc1. The summed E-state index contributed by atoms with van der Waals surface area (Å²) in [5.74, 6) is 0. The van der Waals surface area contributed by atoms with Gasteiger partial charge < -0.3 is 0 Å². The lowest BCUT2D eigenvalue weighted by Crippen LogP contribution is -2.73. The summed E-state index contributed by atoms with van der Waals surface area (Å²) in [5.41, 5.74) is 1.80. The first-order chi connectivity index (χ1) is 4.33.